The molecule has 1 saturated carbocycles. The summed E-state index contributed by atoms with van der Waals surface area (Å²) in [7, 11) is -3.24. The van der Waals surface area contributed by atoms with E-state index in [-0.39, 0.29) is 11.5 Å². The highest BCUT2D eigenvalue weighted by molar-refractivity contribution is 7.88. The van der Waals surface area contributed by atoms with Gasteiger partial charge in [-0.1, -0.05) is 20.8 Å². The molecule has 5 nitrogen and oxygen atoms in total. The topological polar surface area (TPSA) is 43.9 Å². The van der Waals surface area contributed by atoms with Crippen LogP contribution in [-0.4, -0.2) is 78.6 Å². The first-order chi connectivity index (χ1) is 11.2. The van der Waals surface area contributed by atoms with Crippen LogP contribution in [0.2, 0.25) is 0 Å². The molecule has 0 spiro atoms. The largest absolute Gasteiger partial charge is 0.298 e. The van der Waals surface area contributed by atoms with Crippen molar-refractivity contribution < 1.29 is 8.42 Å². The Morgan fingerprint density at radius 2 is 1.64 bits per heavy atom. The second kappa shape index (κ2) is 7.10. The van der Waals surface area contributed by atoms with Crippen molar-refractivity contribution in [2.24, 2.45) is 5.41 Å². The van der Waals surface area contributed by atoms with Gasteiger partial charge in [0.25, 0.3) is 0 Å². The van der Waals surface area contributed by atoms with E-state index in [1.54, 1.807) is 4.31 Å². The smallest absolute Gasteiger partial charge is 0.211 e. The third kappa shape index (κ3) is 5.41. The van der Waals surface area contributed by atoms with Crippen LogP contribution in [0.4, 0.5) is 0 Å². The fraction of sp³-hybridized carbons (Fsp3) is 1.00. The normalized spacial score (nSPS) is 26.2. The van der Waals surface area contributed by atoms with Gasteiger partial charge >= 0.3 is 0 Å². The lowest BCUT2D eigenvalue weighted by Gasteiger charge is -2.50. The third-order valence-corrected chi connectivity index (χ3v) is 7.40. The molecular formula is C19H39N3O2S. The maximum atomic E-state index is 12.4. The lowest BCUT2D eigenvalue weighted by Crippen LogP contribution is -2.63. The van der Waals surface area contributed by atoms with Crippen LogP contribution in [0.3, 0.4) is 0 Å². The van der Waals surface area contributed by atoms with Crippen molar-refractivity contribution >= 4 is 10.0 Å². The zero-order valence-corrected chi connectivity index (χ0v) is 18.4. The van der Waals surface area contributed by atoms with E-state index in [1.807, 2.05) is 20.8 Å². The van der Waals surface area contributed by atoms with E-state index in [1.165, 1.54) is 19.1 Å². The lowest BCUT2D eigenvalue weighted by atomic mass is 9.85. The summed E-state index contributed by atoms with van der Waals surface area (Å²) < 4.78 is 26.6. The molecule has 6 heteroatoms. The molecule has 0 aromatic heterocycles. The predicted octanol–water partition coefficient (Wildman–Crippen LogP) is 2.63. The Labute approximate surface area is 155 Å². The fourth-order valence-corrected chi connectivity index (χ4v) is 5.37. The second-order valence-electron chi connectivity index (χ2n) is 10.1. The molecule has 2 atom stereocenters. The zero-order chi connectivity index (χ0) is 19.2. The zero-order valence-electron chi connectivity index (χ0n) is 17.5. The first-order valence-electron chi connectivity index (χ1n) is 9.69. The minimum atomic E-state index is -3.24. The molecule has 1 heterocycles. The summed E-state index contributed by atoms with van der Waals surface area (Å²) in [5.74, 6) is 0. The molecule has 25 heavy (non-hydrogen) atoms. The number of nitrogens with zero attached hydrogens (tertiary/aromatic N) is 3. The molecule has 0 bridgehead atoms. The summed E-state index contributed by atoms with van der Waals surface area (Å²) >= 11 is 0. The van der Waals surface area contributed by atoms with E-state index in [4.69, 9.17) is 0 Å². The quantitative estimate of drug-likeness (QED) is 0.743. The van der Waals surface area contributed by atoms with Gasteiger partial charge in [-0.05, 0) is 46.0 Å². The average molecular weight is 374 g/mol. The minimum absolute atomic E-state index is 0.178. The number of hydrogen-bond acceptors (Lipinski definition) is 4. The average Bonchev–Trinajstić information content (AvgIpc) is 3.24. The van der Waals surface area contributed by atoms with Crippen LogP contribution in [-0.2, 0) is 10.0 Å². The van der Waals surface area contributed by atoms with Gasteiger partial charge in [0.15, 0.2) is 0 Å². The van der Waals surface area contributed by atoms with Crippen LogP contribution in [0.5, 0.6) is 0 Å². The second-order valence-corrected chi connectivity index (χ2v) is 12.0. The molecule has 1 aliphatic carbocycles. The summed E-state index contributed by atoms with van der Waals surface area (Å²) in [6.07, 6.45) is 3.95. The monoisotopic (exact) mass is 373 g/mol. The molecule has 2 rings (SSSR count). The highest BCUT2D eigenvalue weighted by Gasteiger charge is 2.42. The van der Waals surface area contributed by atoms with Gasteiger partial charge in [-0.2, -0.15) is 4.31 Å². The highest BCUT2D eigenvalue weighted by Crippen LogP contribution is 2.33. The molecule has 2 unspecified atom stereocenters. The van der Waals surface area contributed by atoms with E-state index in [9.17, 15) is 8.42 Å². The molecule has 0 aromatic carbocycles. The van der Waals surface area contributed by atoms with E-state index in [0.717, 1.165) is 25.7 Å². The van der Waals surface area contributed by atoms with Crippen LogP contribution in [0.1, 0.15) is 61.3 Å². The Kier molecular flexibility index (Phi) is 6.00. The molecule has 0 amide bonds. The van der Waals surface area contributed by atoms with Crippen molar-refractivity contribution in [1.82, 2.24) is 14.1 Å². The molecule has 0 radical (unpaired) electrons. The van der Waals surface area contributed by atoms with Gasteiger partial charge in [0.2, 0.25) is 10.0 Å². The molecule has 148 valence electrons. The standard InChI is InChI=1S/C19H39N3O2S/c1-15(18(2,3)4)21-12-11-20(16-9-10-16)13-17(21)14-22(19(5,6)7)25(8,23)24/h15-17H,9-14H2,1-8H3. The van der Waals surface area contributed by atoms with Gasteiger partial charge in [0, 0.05) is 49.8 Å². The minimum Gasteiger partial charge on any atom is -0.298 e. The van der Waals surface area contributed by atoms with Crippen molar-refractivity contribution in [2.75, 3.05) is 32.4 Å². The van der Waals surface area contributed by atoms with Crippen molar-refractivity contribution in [1.29, 1.82) is 0 Å². The number of sulfonamides is 1. The molecule has 0 N–H and O–H groups in total. The number of rotatable bonds is 5. The van der Waals surface area contributed by atoms with Crippen molar-refractivity contribution in [3.05, 3.63) is 0 Å². The maximum absolute atomic E-state index is 12.4. The Balaban J connectivity index is 2.25. The summed E-state index contributed by atoms with van der Waals surface area (Å²) in [5, 5.41) is 0. The first kappa shape index (κ1) is 21.1. The van der Waals surface area contributed by atoms with Crippen molar-refractivity contribution in [3.8, 4) is 0 Å². The van der Waals surface area contributed by atoms with Crippen LogP contribution < -0.4 is 0 Å². The van der Waals surface area contributed by atoms with Gasteiger partial charge in [-0.25, -0.2) is 8.42 Å². The van der Waals surface area contributed by atoms with Gasteiger partial charge in [0.05, 0.1) is 6.26 Å². The van der Waals surface area contributed by atoms with Gasteiger partial charge in [-0.15, -0.1) is 0 Å². The summed E-state index contributed by atoms with van der Waals surface area (Å²) in [6, 6.07) is 1.40. The van der Waals surface area contributed by atoms with Gasteiger partial charge in [-0.3, -0.25) is 9.80 Å². The summed E-state index contributed by atoms with van der Waals surface area (Å²) in [5.41, 5.74) is -0.219. The van der Waals surface area contributed by atoms with Crippen LogP contribution in [0.15, 0.2) is 0 Å². The predicted molar refractivity (Wildman–Crippen MR) is 105 cm³/mol. The molecule has 0 aromatic rings. The molecular weight excluding hydrogens is 334 g/mol. The Morgan fingerprint density at radius 3 is 2.04 bits per heavy atom. The van der Waals surface area contributed by atoms with Gasteiger partial charge < -0.3 is 0 Å². The molecule has 1 aliphatic heterocycles. The van der Waals surface area contributed by atoms with Crippen molar-refractivity contribution in [2.45, 2.75) is 85.0 Å². The van der Waals surface area contributed by atoms with E-state index < -0.39 is 15.6 Å². The van der Waals surface area contributed by atoms with E-state index >= 15 is 0 Å². The number of hydrogen-bond donors (Lipinski definition) is 0. The Bertz CT molecular complexity index is 558. The lowest BCUT2D eigenvalue weighted by molar-refractivity contribution is -0.00657. The van der Waals surface area contributed by atoms with Crippen molar-refractivity contribution in [3.63, 3.8) is 0 Å². The summed E-state index contributed by atoms with van der Waals surface area (Å²) in [6.45, 7) is 18.8. The third-order valence-electron chi connectivity index (χ3n) is 5.90. The maximum Gasteiger partial charge on any atom is 0.211 e. The fourth-order valence-electron chi connectivity index (χ4n) is 3.93. The molecule has 2 aliphatic rings. The first-order valence-corrected chi connectivity index (χ1v) is 11.5. The number of piperazine rings is 1. The Morgan fingerprint density at radius 1 is 1.08 bits per heavy atom. The Hall–Kier alpha value is -0.170. The van der Waals surface area contributed by atoms with Gasteiger partial charge in [0.1, 0.15) is 0 Å². The van der Waals surface area contributed by atoms with Crippen LogP contribution >= 0.6 is 0 Å². The highest BCUT2D eigenvalue weighted by atomic mass is 32.2. The SMILES string of the molecule is CC(N1CCN(C2CC2)CC1CN(C(C)(C)C)S(C)(=O)=O)C(C)(C)C. The summed E-state index contributed by atoms with van der Waals surface area (Å²) in [4.78, 5) is 5.14. The molecule has 2 fully saturated rings. The van der Waals surface area contributed by atoms with E-state index in [0.29, 0.717) is 12.6 Å². The van der Waals surface area contributed by atoms with E-state index in [2.05, 4.69) is 37.5 Å². The molecule has 1 saturated heterocycles. The van der Waals surface area contributed by atoms with Crippen LogP contribution in [0, 0.1) is 5.41 Å². The van der Waals surface area contributed by atoms with Crippen LogP contribution in [0.25, 0.3) is 0 Å².